The van der Waals surface area contributed by atoms with Crippen molar-refractivity contribution in [2.45, 2.75) is 32.1 Å². The van der Waals surface area contributed by atoms with Gasteiger partial charge in [-0.05, 0) is 19.3 Å². The Hall–Kier alpha value is -0.860. The molecule has 0 aromatic heterocycles. The number of hydrazone groups is 1. The number of amides is 1. The summed E-state index contributed by atoms with van der Waals surface area (Å²) in [4.78, 5) is 11.1. The summed E-state index contributed by atoms with van der Waals surface area (Å²) in [5, 5.41) is 4.02. The van der Waals surface area contributed by atoms with Gasteiger partial charge in [0.1, 0.15) is 0 Å². The van der Waals surface area contributed by atoms with E-state index in [2.05, 4.69) is 10.5 Å². The molecule has 1 N–H and O–H groups in total. The lowest BCUT2D eigenvalue weighted by atomic mass is 9.99. The molecule has 3 nitrogen and oxygen atoms in total. The molecule has 3 heteroatoms. The lowest BCUT2D eigenvalue weighted by Gasteiger charge is -2.03. The highest BCUT2D eigenvalue weighted by Gasteiger charge is 2.30. The topological polar surface area (TPSA) is 41.5 Å². The van der Waals surface area contributed by atoms with Crippen molar-refractivity contribution in [1.29, 1.82) is 0 Å². The zero-order valence-corrected chi connectivity index (χ0v) is 6.47. The molecule has 1 heterocycles. The summed E-state index contributed by atoms with van der Waals surface area (Å²) in [5.41, 5.74) is 3.63. The molecule has 0 bridgehead atoms. The minimum absolute atomic E-state index is 0.113. The van der Waals surface area contributed by atoms with Gasteiger partial charge in [0.2, 0.25) is 5.91 Å². The molecule has 0 radical (unpaired) electrons. The SMILES string of the molecule is O=C1NN=C2CCCCC[C@H]12. The molecule has 1 saturated carbocycles. The molecular weight excluding hydrogens is 140 g/mol. The maximum atomic E-state index is 11.1. The van der Waals surface area contributed by atoms with E-state index in [1.807, 2.05) is 0 Å². The van der Waals surface area contributed by atoms with E-state index in [0.29, 0.717) is 0 Å². The van der Waals surface area contributed by atoms with Crippen LogP contribution in [0.4, 0.5) is 0 Å². The number of fused-ring (bicyclic) bond motifs is 1. The third-order valence-corrected chi connectivity index (χ3v) is 2.45. The minimum Gasteiger partial charge on any atom is -0.272 e. The predicted molar refractivity (Wildman–Crippen MR) is 42.2 cm³/mol. The van der Waals surface area contributed by atoms with Gasteiger partial charge in [0.15, 0.2) is 0 Å². The summed E-state index contributed by atoms with van der Waals surface area (Å²) >= 11 is 0. The monoisotopic (exact) mass is 152 g/mol. The van der Waals surface area contributed by atoms with Crippen molar-refractivity contribution >= 4 is 11.6 Å². The van der Waals surface area contributed by atoms with Crippen molar-refractivity contribution in [3.8, 4) is 0 Å². The number of carbonyl (C=O) groups excluding carboxylic acids is 1. The van der Waals surface area contributed by atoms with E-state index in [-0.39, 0.29) is 11.8 Å². The van der Waals surface area contributed by atoms with Crippen LogP contribution in [-0.2, 0) is 4.79 Å². The minimum atomic E-state index is 0.113. The quantitative estimate of drug-likeness (QED) is 0.554. The molecule has 0 spiro atoms. The standard InChI is InChI=1S/C8H12N2O/c11-8-6-4-2-1-3-5-7(6)9-10-8/h6H,1-5H2,(H,10,11)/t6-/m0/s1. The van der Waals surface area contributed by atoms with Crippen molar-refractivity contribution in [3.05, 3.63) is 0 Å². The molecule has 11 heavy (non-hydrogen) atoms. The van der Waals surface area contributed by atoms with Gasteiger partial charge in [0, 0.05) is 0 Å². The van der Waals surface area contributed by atoms with E-state index in [0.717, 1.165) is 18.6 Å². The van der Waals surface area contributed by atoms with E-state index in [9.17, 15) is 4.79 Å². The largest absolute Gasteiger partial charge is 0.272 e. The fourth-order valence-corrected chi connectivity index (χ4v) is 1.79. The van der Waals surface area contributed by atoms with E-state index in [1.54, 1.807) is 0 Å². The van der Waals surface area contributed by atoms with E-state index in [4.69, 9.17) is 0 Å². The Balaban J connectivity index is 2.15. The normalized spacial score (nSPS) is 30.4. The number of nitrogens with zero attached hydrogens (tertiary/aromatic N) is 1. The van der Waals surface area contributed by atoms with Gasteiger partial charge >= 0.3 is 0 Å². The Morgan fingerprint density at radius 2 is 2.27 bits per heavy atom. The lowest BCUT2D eigenvalue weighted by molar-refractivity contribution is -0.122. The van der Waals surface area contributed by atoms with Gasteiger partial charge in [-0.1, -0.05) is 12.8 Å². The van der Waals surface area contributed by atoms with Crippen LogP contribution >= 0.6 is 0 Å². The summed E-state index contributed by atoms with van der Waals surface area (Å²) in [6, 6.07) is 0. The zero-order chi connectivity index (χ0) is 7.68. The fraction of sp³-hybridized carbons (Fsp3) is 0.750. The Morgan fingerprint density at radius 3 is 3.18 bits per heavy atom. The molecule has 1 aliphatic carbocycles. The first-order valence-corrected chi connectivity index (χ1v) is 4.24. The number of nitrogens with one attached hydrogen (secondary N) is 1. The maximum absolute atomic E-state index is 11.1. The molecule has 2 rings (SSSR count). The molecule has 0 unspecified atom stereocenters. The van der Waals surface area contributed by atoms with Crippen LogP contribution in [0.5, 0.6) is 0 Å². The van der Waals surface area contributed by atoms with Gasteiger partial charge in [-0.3, -0.25) is 4.79 Å². The zero-order valence-electron chi connectivity index (χ0n) is 6.47. The highest BCUT2D eigenvalue weighted by molar-refractivity contribution is 6.07. The van der Waals surface area contributed by atoms with Crippen LogP contribution in [0.15, 0.2) is 5.10 Å². The highest BCUT2D eigenvalue weighted by atomic mass is 16.2. The first-order chi connectivity index (χ1) is 5.38. The van der Waals surface area contributed by atoms with Crippen molar-refractivity contribution in [2.24, 2.45) is 11.0 Å². The van der Waals surface area contributed by atoms with E-state index in [1.165, 1.54) is 19.3 Å². The lowest BCUT2D eigenvalue weighted by Crippen LogP contribution is -2.22. The average Bonchev–Trinajstić information content (AvgIpc) is 2.25. The van der Waals surface area contributed by atoms with E-state index < -0.39 is 0 Å². The van der Waals surface area contributed by atoms with Crippen LogP contribution in [0.3, 0.4) is 0 Å². The van der Waals surface area contributed by atoms with Gasteiger partial charge in [-0.25, -0.2) is 5.43 Å². The molecule has 1 aliphatic heterocycles. The molecule has 1 fully saturated rings. The average molecular weight is 152 g/mol. The number of hydrogen-bond donors (Lipinski definition) is 1. The predicted octanol–water partition coefficient (Wildman–Crippen LogP) is 1.05. The molecule has 2 aliphatic rings. The first kappa shape index (κ1) is 6.83. The summed E-state index contributed by atoms with van der Waals surface area (Å²) in [6.45, 7) is 0. The van der Waals surface area contributed by atoms with Crippen molar-refractivity contribution in [3.63, 3.8) is 0 Å². The van der Waals surface area contributed by atoms with Crippen molar-refractivity contribution < 1.29 is 4.79 Å². The Kier molecular flexibility index (Phi) is 1.64. The van der Waals surface area contributed by atoms with Crippen LogP contribution in [0, 0.1) is 5.92 Å². The van der Waals surface area contributed by atoms with Gasteiger partial charge in [-0.15, -0.1) is 0 Å². The molecule has 0 aromatic rings. The number of carbonyl (C=O) groups is 1. The van der Waals surface area contributed by atoms with Gasteiger partial charge in [0.05, 0.1) is 11.6 Å². The van der Waals surface area contributed by atoms with Crippen LogP contribution in [0.1, 0.15) is 32.1 Å². The smallest absolute Gasteiger partial charge is 0.248 e. The molecule has 0 saturated heterocycles. The third-order valence-electron chi connectivity index (χ3n) is 2.45. The second kappa shape index (κ2) is 2.64. The second-order valence-corrected chi connectivity index (χ2v) is 3.23. The van der Waals surface area contributed by atoms with Gasteiger partial charge in [-0.2, -0.15) is 5.10 Å². The molecule has 60 valence electrons. The van der Waals surface area contributed by atoms with Crippen LogP contribution in [0.25, 0.3) is 0 Å². The second-order valence-electron chi connectivity index (χ2n) is 3.23. The highest BCUT2D eigenvalue weighted by Crippen LogP contribution is 2.23. The summed E-state index contributed by atoms with van der Waals surface area (Å²) in [6.07, 6.45) is 5.65. The van der Waals surface area contributed by atoms with E-state index >= 15 is 0 Å². The van der Waals surface area contributed by atoms with Gasteiger partial charge in [0.25, 0.3) is 0 Å². The van der Waals surface area contributed by atoms with Crippen molar-refractivity contribution in [1.82, 2.24) is 5.43 Å². The summed E-state index contributed by atoms with van der Waals surface area (Å²) < 4.78 is 0. The van der Waals surface area contributed by atoms with Gasteiger partial charge < -0.3 is 0 Å². The van der Waals surface area contributed by atoms with Crippen LogP contribution in [-0.4, -0.2) is 11.6 Å². The Labute approximate surface area is 65.9 Å². The number of rotatable bonds is 0. The summed E-state index contributed by atoms with van der Waals surface area (Å²) in [5.74, 6) is 0.236. The molecule has 0 aromatic carbocycles. The van der Waals surface area contributed by atoms with Crippen molar-refractivity contribution in [2.75, 3.05) is 0 Å². The van der Waals surface area contributed by atoms with Crippen LogP contribution in [0.2, 0.25) is 0 Å². The Bertz CT molecular complexity index is 210. The fourth-order valence-electron chi connectivity index (χ4n) is 1.79. The third kappa shape index (κ3) is 1.15. The Morgan fingerprint density at radius 1 is 1.36 bits per heavy atom. The van der Waals surface area contributed by atoms with Crippen LogP contribution < -0.4 is 5.43 Å². The number of hydrogen-bond acceptors (Lipinski definition) is 2. The molecular formula is C8H12N2O. The maximum Gasteiger partial charge on any atom is 0.248 e. The molecule has 1 amide bonds. The molecule has 1 atom stereocenters. The first-order valence-electron chi connectivity index (χ1n) is 4.24. The summed E-state index contributed by atoms with van der Waals surface area (Å²) in [7, 11) is 0.